The largest absolute Gasteiger partial charge is 0.380 e. The van der Waals surface area contributed by atoms with Gasteiger partial charge in [0, 0.05) is 26.2 Å². The fourth-order valence-corrected chi connectivity index (χ4v) is 2.39. The summed E-state index contributed by atoms with van der Waals surface area (Å²) in [5.41, 5.74) is 4.38. The zero-order valence-electron chi connectivity index (χ0n) is 11.5. The normalized spacial score (nSPS) is 14.8. The van der Waals surface area contributed by atoms with Crippen molar-refractivity contribution in [1.29, 1.82) is 0 Å². The minimum atomic E-state index is 0.804. The summed E-state index contributed by atoms with van der Waals surface area (Å²) in [4.78, 5) is 2.31. The van der Waals surface area contributed by atoms with Crippen molar-refractivity contribution in [3.8, 4) is 0 Å². The number of nitrogens with one attached hydrogen (secondary N) is 1. The van der Waals surface area contributed by atoms with Crippen LogP contribution in [-0.2, 0) is 24.2 Å². The summed E-state index contributed by atoms with van der Waals surface area (Å²) in [6, 6.07) is 6.90. The van der Waals surface area contributed by atoms with Gasteiger partial charge in [0.25, 0.3) is 0 Å². The van der Waals surface area contributed by atoms with E-state index in [1.165, 1.54) is 16.7 Å². The molecule has 1 aliphatic rings. The first-order chi connectivity index (χ1) is 8.79. The van der Waals surface area contributed by atoms with E-state index < -0.39 is 0 Å². The number of likely N-dealkylation sites (N-methyl/N-ethyl adjacent to an activating group) is 1. The van der Waals surface area contributed by atoms with Crippen molar-refractivity contribution in [2.45, 2.75) is 26.4 Å². The maximum absolute atomic E-state index is 5.38. The number of hydrogen-bond donors (Lipinski definition) is 1. The minimum Gasteiger partial charge on any atom is -0.380 e. The number of nitrogens with zero attached hydrogens (tertiary/aromatic N) is 1. The number of rotatable bonds is 6. The summed E-state index contributed by atoms with van der Waals surface area (Å²) in [6.45, 7) is 7.78. The van der Waals surface area contributed by atoms with Gasteiger partial charge in [0.1, 0.15) is 0 Å². The van der Waals surface area contributed by atoms with Crippen LogP contribution in [0.5, 0.6) is 0 Å². The Hall–Kier alpha value is -0.900. The van der Waals surface area contributed by atoms with Gasteiger partial charge in [-0.1, -0.05) is 18.2 Å². The average Bonchev–Trinajstić information content (AvgIpc) is 2.39. The third kappa shape index (κ3) is 3.80. The first-order valence-corrected chi connectivity index (χ1v) is 6.87. The lowest BCUT2D eigenvalue weighted by molar-refractivity contribution is 0.120. The van der Waals surface area contributed by atoms with Gasteiger partial charge in [0.15, 0.2) is 0 Å². The first kappa shape index (κ1) is 13.5. The summed E-state index contributed by atoms with van der Waals surface area (Å²) >= 11 is 0. The van der Waals surface area contributed by atoms with Gasteiger partial charge in [-0.25, -0.2) is 0 Å². The molecule has 0 saturated heterocycles. The molecular formula is C15H24N2O. The highest BCUT2D eigenvalue weighted by atomic mass is 16.5. The molecule has 18 heavy (non-hydrogen) atoms. The van der Waals surface area contributed by atoms with Gasteiger partial charge in [-0.2, -0.15) is 0 Å². The molecule has 1 aromatic carbocycles. The van der Waals surface area contributed by atoms with Gasteiger partial charge in [0.05, 0.1) is 6.61 Å². The maximum Gasteiger partial charge on any atom is 0.0593 e. The van der Waals surface area contributed by atoms with Crippen molar-refractivity contribution in [1.82, 2.24) is 10.2 Å². The molecule has 3 nitrogen and oxygen atoms in total. The number of ether oxygens (including phenoxy) is 1. The quantitative estimate of drug-likeness (QED) is 0.777. The summed E-state index contributed by atoms with van der Waals surface area (Å²) in [5, 5.41) is 3.43. The van der Waals surface area contributed by atoms with Crippen LogP contribution in [0.3, 0.4) is 0 Å². The molecule has 0 amide bonds. The van der Waals surface area contributed by atoms with Crippen molar-refractivity contribution in [2.75, 3.05) is 33.4 Å². The maximum atomic E-state index is 5.38. The van der Waals surface area contributed by atoms with E-state index in [-0.39, 0.29) is 0 Å². The van der Waals surface area contributed by atoms with Crippen LogP contribution in [-0.4, -0.2) is 38.3 Å². The molecule has 0 spiro atoms. The highest BCUT2D eigenvalue weighted by molar-refractivity contribution is 5.33. The molecule has 0 saturated carbocycles. The fraction of sp³-hybridized carbons (Fsp3) is 0.600. The van der Waals surface area contributed by atoms with E-state index in [0.717, 1.165) is 45.8 Å². The zero-order chi connectivity index (χ0) is 12.8. The zero-order valence-corrected chi connectivity index (χ0v) is 11.5. The third-order valence-corrected chi connectivity index (χ3v) is 3.43. The summed E-state index contributed by atoms with van der Waals surface area (Å²) in [6.07, 6.45) is 1.16. The van der Waals surface area contributed by atoms with Crippen molar-refractivity contribution >= 4 is 0 Å². The van der Waals surface area contributed by atoms with E-state index >= 15 is 0 Å². The van der Waals surface area contributed by atoms with E-state index in [4.69, 9.17) is 4.74 Å². The number of hydrogen-bond acceptors (Lipinski definition) is 3. The first-order valence-electron chi connectivity index (χ1n) is 6.87. The van der Waals surface area contributed by atoms with Crippen LogP contribution in [0.25, 0.3) is 0 Å². The van der Waals surface area contributed by atoms with Crippen LogP contribution in [0.2, 0.25) is 0 Å². The molecule has 0 fully saturated rings. The highest BCUT2D eigenvalue weighted by Gasteiger charge is 2.09. The topological polar surface area (TPSA) is 24.5 Å². The number of fused-ring (bicyclic) bond motifs is 1. The summed E-state index contributed by atoms with van der Waals surface area (Å²) < 4.78 is 5.38. The molecule has 0 atom stereocenters. The second-order valence-corrected chi connectivity index (χ2v) is 4.96. The Balaban J connectivity index is 1.89. The second-order valence-electron chi connectivity index (χ2n) is 4.96. The molecular weight excluding hydrogens is 224 g/mol. The van der Waals surface area contributed by atoms with Crippen molar-refractivity contribution in [3.63, 3.8) is 0 Å². The predicted molar refractivity (Wildman–Crippen MR) is 74.7 cm³/mol. The Morgan fingerprint density at radius 3 is 3.06 bits per heavy atom. The van der Waals surface area contributed by atoms with Crippen molar-refractivity contribution in [2.24, 2.45) is 0 Å². The Kier molecular flexibility index (Phi) is 5.17. The lowest BCUT2D eigenvalue weighted by atomic mass is 9.98. The lowest BCUT2D eigenvalue weighted by Crippen LogP contribution is -2.25. The van der Waals surface area contributed by atoms with Gasteiger partial charge in [-0.05, 0) is 43.6 Å². The smallest absolute Gasteiger partial charge is 0.0593 e. The van der Waals surface area contributed by atoms with Gasteiger partial charge < -0.3 is 10.1 Å². The Labute approximate surface area is 110 Å². The van der Waals surface area contributed by atoms with E-state index in [1.807, 2.05) is 6.92 Å². The Morgan fingerprint density at radius 2 is 2.22 bits per heavy atom. The molecule has 0 aromatic heterocycles. The van der Waals surface area contributed by atoms with Crippen LogP contribution >= 0.6 is 0 Å². The van der Waals surface area contributed by atoms with Crippen molar-refractivity contribution < 1.29 is 4.74 Å². The minimum absolute atomic E-state index is 0.804. The third-order valence-electron chi connectivity index (χ3n) is 3.43. The molecule has 100 valence electrons. The van der Waals surface area contributed by atoms with Crippen molar-refractivity contribution in [3.05, 3.63) is 34.9 Å². The molecule has 0 unspecified atom stereocenters. The molecule has 0 aliphatic carbocycles. The van der Waals surface area contributed by atoms with Crippen LogP contribution in [0.1, 0.15) is 23.6 Å². The van der Waals surface area contributed by atoms with Gasteiger partial charge >= 0.3 is 0 Å². The van der Waals surface area contributed by atoms with Crippen LogP contribution < -0.4 is 5.32 Å². The number of benzene rings is 1. The van der Waals surface area contributed by atoms with Crippen LogP contribution in [0, 0.1) is 0 Å². The monoisotopic (exact) mass is 248 g/mol. The van der Waals surface area contributed by atoms with E-state index in [9.17, 15) is 0 Å². The highest BCUT2D eigenvalue weighted by Crippen LogP contribution is 2.16. The molecule has 0 radical (unpaired) electrons. The standard InChI is InChI=1S/C15H24N2O/c1-3-18-9-8-17(2)12-13-4-5-14-6-7-16-11-15(14)10-13/h4-5,10,16H,3,6-9,11-12H2,1-2H3. The van der Waals surface area contributed by atoms with Gasteiger partial charge in [0.2, 0.25) is 0 Å². The fourth-order valence-electron chi connectivity index (χ4n) is 2.39. The van der Waals surface area contributed by atoms with E-state index in [2.05, 4.69) is 35.5 Å². The van der Waals surface area contributed by atoms with E-state index in [0.29, 0.717) is 0 Å². The molecule has 1 aliphatic heterocycles. The molecule has 1 N–H and O–H groups in total. The SMILES string of the molecule is CCOCCN(C)Cc1ccc2c(c1)CNCC2. The second kappa shape index (κ2) is 6.88. The Bertz CT molecular complexity index is 379. The van der Waals surface area contributed by atoms with E-state index in [1.54, 1.807) is 0 Å². The van der Waals surface area contributed by atoms with Crippen LogP contribution in [0.4, 0.5) is 0 Å². The average molecular weight is 248 g/mol. The lowest BCUT2D eigenvalue weighted by Gasteiger charge is -2.20. The molecule has 1 heterocycles. The molecule has 2 rings (SSSR count). The van der Waals surface area contributed by atoms with Crippen LogP contribution in [0.15, 0.2) is 18.2 Å². The molecule has 0 bridgehead atoms. The van der Waals surface area contributed by atoms with Gasteiger partial charge in [-0.3, -0.25) is 4.90 Å². The van der Waals surface area contributed by atoms with Gasteiger partial charge in [-0.15, -0.1) is 0 Å². The Morgan fingerprint density at radius 1 is 1.33 bits per heavy atom. The molecule has 1 aromatic rings. The summed E-state index contributed by atoms with van der Waals surface area (Å²) in [7, 11) is 2.15. The predicted octanol–water partition coefficient (Wildman–Crippen LogP) is 1.80. The summed E-state index contributed by atoms with van der Waals surface area (Å²) in [5.74, 6) is 0. The molecule has 3 heteroatoms.